The number of allylic oxidation sites excluding steroid dienone is 2. The number of ether oxygens (including phenoxy) is 1. The number of carbonyl (C=O) groups excluding carboxylic acids is 1. The van der Waals surface area contributed by atoms with Crippen molar-refractivity contribution in [1.82, 2.24) is 5.32 Å². The lowest BCUT2D eigenvalue weighted by Gasteiger charge is -2.21. The van der Waals surface area contributed by atoms with Gasteiger partial charge in [0.25, 0.3) is 0 Å². The Bertz CT molecular complexity index is 722. The zero-order valence-electron chi connectivity index (χ0n) is 11.9. The molecule has 0 unspecified atom stereocenters. The van der Waals surface area contributed by atoms with Crippen LogP contribution in [0, 0.1) is 11.6 Å². The minimum absolute atomic E-state index is 0.0114. The number of nitrogens with one attached hydrogen (secondary N) is 1. The molecule has 0 aromatic heterocycles. The van der Waals surface area contributed by atoms with Crippen molar-refractivity contribution in [2.75, 3.05) is 0 Å². The zero-order chi connectivity index (χ0) is 16.4. The number of dihydropyridines is 1. The Morgan fingerprint density at radius 1 is 1.18 bits per heavy atom. The number of carboxylic acid groups (broad SMARTS) is 1. The molecule has 0 saturated carbocycles. The summed E-state index contributed by atoms with van der Waals surface area (Å²) in [6, 6.07) is 3.21. The zero-order valence-corrected chi connectivity index (χ0v) is 11.9. The minimum Gasteiger partial charge on any atom is -0.478 e. The number of carbonyl (C=O) groups is 2. The molecular weight excluding hydrogens is 296 g/mol. The third-order valence-electron chi connectivity index (χ3n) is 3.26. The van der Waals surface area contributed by atoms with Crippen molar-refractivity contribution in [2.24, 2.45) is 0 Å². The Hall–Kier alpha value is -2.70. The predicted molar refractivity (Wildman–Crippen MR) is 72.8 cm³/mol. The van der Waals surface area contributed by atoms with E-state index in [1.165, 1.54) is 6.07 Å². The summed E-state index contributed by atoms with van der Waals surface area (Å²) in [4.78, 5) is 23.2. The van der Waals surface area contributed by atoms with Crippen LogP contribution in [0.1, 0.15) is 20.3 Å². The highest BCUT2D eigenvalue weighted by molar-refractivity contribution is 5.96. The number of halogens is 2. The third-order valence-corrected chi connectivity index (χ3v) is 3.26. The largest absolute Gasteiger partial charge is 0.478 e. The van der Waals surface area contributed by atoms with Crippen LogP contribution in [0.2, 0.25) is 0 Å². The topological polar surface area (TPSA) is 75.6 Å². The molecule has 0 bridgehead atoms. The van der Waals surface area contributed by atoms with Gasteiger partial charge >= 0.3 is 11.9 Å². The lowest BCUT2D eigenvalue weighted by Crippen LogP contribution is -2.27. The van der Waals surface area contributed by atoms with Crippen LogP contribution in [0.25, 0.3) is 0 Å². The molecule has 0 fully saturated rings. The summed E-state index contributed by atoms with van der Waals surface area (Å²) in [5.74, 6) is -5.06. The highest BCUT2D eigenvalue weighted by Gasteiger charge is 2.26. The molecule has 0 radical (unpaired) electrons. The molecule has 1 aromatic carbocycles. The molecule has 1 aliphatic rings. The number of rotatable bonds is 3. The van der Waals surface area contributed by atoms with E-state index in [2.05, 4.69) is 5.32 Å². The lowest BCUT2D eigenvalue weighted by atomic mass is 9.98. The number of hydrogen-bond donors (Lipinski definition) is 2. The standard InChI is InChI=1S/C15H13F2NO4/c1-7-9(14(19)20)6-10(8(2)18-7)15(21)22-12-5-3-4-11(16)13(12)17/h3-5,18H,6H2,1-2H3,(H,19,20). The van der Waals surface area contributed by atoms with Gasteiger partial charge in [-0.15, -0.1) is 0 Å². The van der Waals surface area contributed by atoms with E-state index in [4.69, 9.17) is 9.84 Å². The van der Waals surface area contributed by atoms with Crippen LogP contribution in [0.4, 0.5) is 8.78 Å². The van der Waals surface area contributed by atoms with Gasteiger partial charge in [0.05, 0.1) is 11.1 Å². The molecule has 0 amide bonds. The maximum absolute atomic E-state index is 13.5. The lowest BCUT2D eigenvalue weighted by molar-refractivity contribution is -0.132. The molecule has 1 aliphatic heterocycles. The first-order valence-electron chi connectivity index (χ1n) is 6.37. The summed E-state index contributed by atoms with van der Waals surface area (Å²) in [6.45, 7) is 3.14. The Labute approximate surface area is 124 Å². The first-order valence-corrected chi connectivity index (χ1v) is 6.37. The molecule has 0 aliphatic carbocycles. The normalized spacial score (nSPS) is 14.7. The summed E-state index contributed by atoms with van der Waals surface area (Å²) in [7, 11) is 0. The van der Waals surface area contributed by atoms with Crippen molar-refractivity contribution >= 4 is 11.9 Å². The molecule has 0 atom stereocenters. The van der Waals surface area contributed by atoms with Gasteiger partial charge < -0.3 is 15.2 Å². The maximum atomic E-state index is 13.5. The molecule has 2 N–H and O–H groups in total. The molecule has 1 aromatic rings. The average Bonchev–Trinajstić information content (AvgIpc) is 2.43. The van der Waals surface area contributed by atoms with Gasteiger partial charge in [0.15, 0.2) is 11.6 Å². The smallest absolute Gasteiger partial charge is 0.341 e. The van der Waals surface area contributed by atoms with E-state index in [-0.39, 0.29) is 17.6 Å². The molecule has 22 heavy (non-hydrogen) atoms. The fourth-order valence-corrected chi connectivity index (χ4v) is 2.06. The molecule has 0 spiro atoms. The monoisotopic (exact) mass is 309 g/mol. The quantitative estimate of drug-likeness (QED) is 0.663. The summed E-state index contributed by atoms with van der Waals surface area (Å²) >= 11 is 0. The minimum atomic E-state index is -1.27. The van der Waals surface area contributed by atoms with Gasteiger partial charge in [-0.25, -0.2) is 14.0 Å². The SMILES string of the molecule is CC1=C(C(=O)O)CC(C(=O)Oc2cccc(F)c2F)=C(C)N1. The Kier molecular flexibility index (Phi) is 4.25. The predicted octanol–water partition coefficient (Wildman–Crippen LogP) is 2.50. The van der Waals surface area contributed by atoms with Crippen LogP contribution < -0.4 is 10.1 Å². The van der Waals surface area contributed by atoms with E-state index in [9.17, 15) is 18.4 Å². The second-order valence-electron chi connectivity index (χ2n) is 4.76. The second-order valence-corrected chi connectivity index (χ2v) is 4.76. The molecule has 5 nitrogen and oxygen atoms in total. The second kappa shape index (κ2) is 5.97. The average molecular weight is 309 g/mol. The maximum Gasteiger partial charge on any atom is 0.341 e. The van der Waals surface area contributed by atoms with E-state index in [1.54, 1.807) is 13.8 Å². The van der Waals surface area contributed by atoms with Crippen LogP contribution in [-0.4, -0.2) is 17.0 Å². The van der Waals surface area contributed by atoms with Crippen molar-refractivity contribution in [3.63, 3.8) is 0 Å². The van der Waals surface area contributed by atoms with E-state index in [0.29, 0.717) is 11.4 Å². The van der Waals surface area contributed by atoms with Crippen molar-refractivity contribution in [3.05, 3.63) is 52.4 Å². The third kappa shape index (κ3) is 2.98. The molecule has 116 valence electrons. The summed E-state index contributed by atoms with van der Waals surface area (Å²) in [5, 5.41) is 11.8. The van der Waals surface area contributed by atoms with Crippen molar-refractivity contribution in [1.29, 1.82) is 0 Å². The van der Waals surface area contributed by atoms with Gasteiger partial charge in [0, 0.05) is 17.8 Å². The highest BCUT2D eigenvalue weighted by Crippen LogP contribution is 2.26. The van der Waals surface area contributed by atoms with Gasteiger partial charge in [-0.3, -0.25) is 0 Å². The molecule has 7 heteroatoms. The first-order chi connectivity index (χ1) is 10.3. The van der Waals surface area contributed by atoms with Crippen molar-refractivity contribution in [2.45, 2.75) is 20.3 Å². The number of carboxylic acids is 1. The van der Waals surface area contributed by atoms with Crippen LogP contribution in [-0.2, 0) is 9.59 Å². The summed E-state index contributed by atoms with van der Waals surface area (Å²) < 4.78 is 31.4. The van der Waals surface area contributed by atoms with Gasteiger partial charge in [-0.05, 0) is 26.0 Å². The molecule has 2 rings (SSSR count). The Morgan fingerprint density at radius 3 is 2.45 bits per heavy atom. The first kappa shape index (κ1) is 15.7. The summed E-state index contributed by atoms with van der Waals surface area (Å²) in [6.07, 6.45) is -0.157. The number of benzene rings is 1. The van der Waals surface area contributed by atoms with Gasteiger partial charge in [-0.1, -0.05) is 6.07 Å². The van der Waals surface area contributed by atoms with Gasteiger partial charge in [-0.2, -0.15) is 4.39 Å². The Balaban J connectivity index is 2.25. The van der Waals surface area contributed by atoms with Crippen LogP contribution in [0.15, 0.2) is 40.7 Å². The van der Waals surface area contributed by atoms with E-state index >= 15 is 0 Å². The van der Waals surface area contributed by atoms with Gasteiger partial charge in [0.2, 0.25) is 5.82 Å². The Morgan fingerprint density at radius 2 is 1.82 bits per heavy atom. The molecule has 1 heterocycles. The van der Waals surface area contributed by atoms with Crippen molar-refractivity contribution < 1.29 is 28.2 Å². The van der Waals surface area contributed by atoms with Crippen LogP contribution >= 0.6 is 0 Å². The van der Waals surface area contributed by atoms with E-state index in [1.807, 2.05) is 0 Å². The van der Waals surface area contributed by atoms with E-state index in [0.717, 1.165) is 12.1 Å². The van der Waals surface area contributed by atoms with Gasteiger partial charge in [0.1, 0.15) is 0 Å². The number of esters is 1. The highest BCUT2D eigenvalue weighted by atomic mass is 19.2. The summed E-state index contributed by atoms with van der Waals surface area (Å²) in [5.41, 5.74) is 0.881. The van der Waals surface area contributed by atoms with E-state index < -0.39 is 29.3 Å². The molecule has 0 saturated heterocycles. The van der Waals surface area contributed by atoms with Crippen LogP contribution in [0.3, 0.4) is 0 Å². The molecular formula is C15H13F2NO4. The fourth-order valence-electron chi connectivity index (χ4n) is 2.06. The number of hydrogen-bond acceptors (Lipinski definition) is 4. The van der Waals surface area contributed by atoms with Crippen LogP contribution in [0.5, 0.6) is 5.75 Å². The fraction of sp³-hybridized carbons (Fsp3) is 0.200. The van der Waals surface area contributed by atoms with Crippen molar-refractivity contribution in [3.8, 4) is 5.75 Å². The number of aliphatic carboxylic acids is 1.